The number of carboxylic acid groups (broad SMARTS) is 2. The zero-order chi connectivity index (χ0) is 34.8. The summed E-state index contributed by atoms with van der Waals surface area (Å²) in [6.45, 7) is 7.62. The van der Waals surface area contributed by atoms with Gasteiger partial charge in [-0.15, -0.1) is 0 Å². The number of carbonyl (C=O) groups excluding carboxylic acids is 1. The highest BCUT2D eigenvalue weighted by Gasteiger charge is 2.40. The monoisotopic (exact) mass is 671 g/mol. The van der Waals surface area contributed by atoms with E-state index in [2.05, 4.69) is 33.0 Å². The first-order valence-electron chi connectivity index (χ1n) is 14.7. The van der Waals surface area contributed by atoms with Crippen LogP contribution >= 0.6 is 0 Å². The number of piperidine rings is 2. The Kier molecular flexibility index (Phi) is 12.6. The summed E-state index contributed by atoms with van der Waals surface area (Å²) in [7, 11) is 0. The molecule has 0 radical (unpaired) electrons. The number of hydrogen-bond acceptors (Lipinski definition) is 6. The van der Waals surface area contributed by atoms with Gasteiger partial charge >= 0.3 is 24.3 Å². The van der Waals surface area contributed by atoms with Gasteiger partial charge in [0.2, 0.25) is 0 Å². The largest absolute Gasteiger partial charge is 0.494 e. The molecular weight excluding hydrogens is 636 g/mol. The molecule has 3 heterocycles. The molecule has 9 nitrogen and oxygen atoms in total. The standard InChI is InChI=1S/C28H33N3O2.2C2HF3O2/c1-2-33-26-10-6-3-7-22(26)21-30-17-12-28(13-18-30)14-19-31(20-15-28)27(32)24-11-16-29-25-9-5-4-8-23(24)25;2*3-2(4,5)1(6)7/h3-11,16H,2,12-15,17-21H2,1H3;2*(H,6,7). The molecule has 15 heteroatoms. The van der Waals surface area contributed by atoms with Crippen LogP contribution in [-0.2, 0) is 16.1 Å². The van der Waals surface area contributed by atoms with Gasteiger partial charge < -0.3 is 19.8 Å². The molecule has 2 fully saturated rings. The lowest BCUT2D eigenvalue weighted by atomic mass is 9.71. The van der Waals surface area contributed by atoms with E-state index in [1.807, 2.05) is 43.3 Å². The number of likely N-dealkylation sites (tertiary alicyclic amines) is 2. The highest BCUT2D eigenvalue weighted by Crippen LogP contribution is 2.42. The number of benzene rings is 2. The van der Waals surface area contributed by atoms with Gasteiger partial charge in [0.1, 0.15) is 5.75 Å². The van der Waals surface area contributed by atoms with Crippen molar-refractivity contribution < 1.29 is 55.7 Å². The van der Waals surface area contributed by atoms with E-state index >= 15 is 0 Å². The number of halogens is 6. The van der Waals surface area contributed by atoms with Gasteiger partial charge in [0.25, 0.3) is 5.91 Å². The molecule has 1 amide bonds. The number of fused-ring (bicyclic) bond motifs is 1. The van der Waals surface area contributed by atoms with E-state index in [9.17, 15) is 31.1 Å². The third kappa shape index (κ3) is 10.6. The molecule has 1 aromatic heterocycles. The van der Waals surface area contributed by atoms with Crippen LogP contribution < -0.4 is 4.74 Å². The van der Waals surface area contributed by atoms with E-state index in [4.69, 9.17) is 24.5 Å². The number of hydrogen-bond donors (Lipinski definition) is 2. The number of alkyl halides is 6. The molecular formula is C32H35F6N3O6. The fourth-order valence-corrected chi connectivity index (χ4v) is 5.49. The molecule has 47 heavy (non-hydrogen) atoms. The number of nitrogens with zero attached hydrogens (tertiary/aromatic N) is 3. The van der Waals surface area contributed by atoms with Gasteiger partial charge in [-0.05, 0) is 69.3 Å². The summed E-state index contributed by atoms with van der Waals surface area (Å²) in [6, 6.07) is 18.2. The van der Waals surface area contributed by atoms with E-state index in [-0.39, 0.29) is 5.91 Å². The molecule has 2 N–H and O–H groups in total. The molecule has 0 bridgehead atoms. The van der Waals surface area contributed by atoms with Gasteiger partial charge in [-0.3, -0.25) is 14.7 Å². The van der Waals surface area contributed by atoms with Crippen molar-refractivity contribution in [3.63, 3.8) is 0 Å². The van der Waals surface area contributed by atoms with Crippen LogP contribution in [0.2, 0.25) is 0 Å². The Morgan fingerprint density at radius 1 is 0.809 bits per heavy atom. The van der Waals surface area contributed by atoms with Crippen LogP contribution in [0.5, 0.6) is 5.75 Å². The second kappa shape index (κ2) is 15.9. The van der Waals surface area contributed by atoms with E-state index in [1.165, 1.54) is 18.4 Å². The SMILES string of the molecule is CCOc1ccccc1CN1CCC2(CC1)CCN(C(=O)c1ccnc3ccccc13)CC2.O=C(O)C(F)(F)F.O=C(O)C(F)(F)F. The van der Waals surface area contributed by atoms with Crippen LogP contribution in [0.4, 0.5) is 26.3 Å². The zero-order valence-corrected chi connectivity index (χ0v) is 25.5. The maximum atomic E-state index is 13.3. The van der Waals surface area contributed by atoms with Crippen LogP contribution in [-0.4, -0.2) is 88.0 Å². The van der Waals surface area contributed by atoms with Crippen molar-refractivity contribution in [1.29, 1.82) is 0 Å². The molecule has 1 spiro atoms. The maximum Gasteiger partial charge on any atom is 0.490 e. The van der Waals surface area contributed by atoms with Gasteiger partial charge in [-0.1, -0.05) is 36.4 Å². The Balaban J connectivity index is 0.000000360. The fraction of sp³-hybridized carbons (Fsp3) is 0.438. The molecule has 2 aliphatic rings. The van der Waals surface area contributed by atoms with Gasteiger partial charge in [-0.2, -0.15) is 26.3 Å². The molecule has 0 saturated carbocycles. The van der Waals surface area contributed by atoms with E-state index in [0.717, 1.165) is 67.8 Å². The van der Waals surface area contributed by atoms with E-state index < -0.39 is 24.3 Å². The van der Waals surface area contributed by atoms with Crippen molar-refractivity contribution in [2.45, 2.75) is 51.5 Å². The number of rotatable bonds is 5. The van der Waals surface area contributed by atoms with Gasteiger partial charge in [0.05, 0.1) is 17.7 Å². The Bertz CT molecular complexity index is 1480. The Hall–Kier alpha value is -4.40. The van der Waals surface area contributed by atoms with Crippen LogP contribution in [0.15, 0.2) is 60.8 Å². The molecule has 3 aromatic rings. The third-order valence-corrected chi connectivity index (χ3v) is 8.06. The minimum atomic E-state index is -5.08. The predicted octanol–water partition coefficient (Wildman–Crippen LogP) is 6.42. The van der Waals surface area contributed by atoms with Crippen LogP contribution in [0, 0.1) is 5.41 Å². The number of aliphatic carboxylic acids is 2. The summed E-state index contributed by atoms with van der Waals surface area (Å²) in [5, 5.41) is 15.2. The smallest absolute Gasteiger partial charge is 0.490 e. The second-order valence-electron chi connectivity index (χ2n) is 11.1. The molecule has 2 aliphatic heterocycles. The van der Waals surface area contributed by atoms with Crippen molar-refractivity contribution in [2.75, 3.05) is 32.8 Å². The summed E-state index contributed by atoms with van der Waals surface area (Å²) < 4.78 is 69.3. The predicted molar refractivity (Wildman–Crippen MR) is 159 cm³/mol. The van der Waals surface area contributed by atoms with Gasteiger partial charge in [0.15, 0.2) is 0 Å². The van der Waals surface area contributed by atoms with E-state index in [1.54, 1.807) is 6.20 Å². The average molecular weight is 672 g/mol. The number of aromatic nitrogens is 1. The topological polar surface area (TPSA) is 120 Å². The second-order valence-corrected chi connectivity index (χ2v) is 11.1. The Morgan fingerprint density at radius 3 is 1.87 bits per heavy atom. The molecule has 0 aliphatic carbocycles. The first-order chi connectivity index (χ1) is 22.1. The number of carboxylic acids is 2. The highest BCUT2D eigenvalue weighted by atomic mass is 19.4. The minimum absolute atomic E-state index is 0.147. The summed E-state index contributed by atoms with van der Waals surface area (Å²) >= 11 is 0. The Morgan fingerprint density at radius 2 is 1.32 bits per heavy atom. The number of ether oxygens (including phenoxy) is 1. The normalized spacial score (nSPS) is 16.4. The fourth-order valence-electron chi connectivity index (χ4n) is 5.49. The lowest BCUT2D eigenvalue weighted by Crippen LogP contribution is -2.48. The molecule has 2 aromatic carbocycles. The molecule has 2 saturated heterocycles. The van der Waals surface area contributed by atoms with Crippen LogP contribution in [0.3, 0.4) is 0 Å². The average Bonchev–Trinajstić information content (AvgIpc) is 3.03. The molecule has 0 atom stereocenters. The quantitative estimate of drug-likeness (QED) is 0.299. The van der Waals surface area contributed by atoms with Crippen LogP contribution in [0.25, 0.3) is 10.9 Å². The lowest BCUT2D eigenvalue weighted by Gasteiger charge is -2.47. The van der Waals surface area contributed by atoms with E-state index in [0.29, 0.717) is 12.0 Å². The van der Waals surface area contributed by atoms with Crippen molar-refractivity contribution in [2.24, 2.45) is 5.41 Å². The number of amides is 1. The number of carbonyl (C=O) groups is 3. The Labute approximate surface area is 266 Å². The van der Waals surface area contributed by atoms with Crippen molar-refractivity contribution >= 4 is 28.7 Å². The third-order valence-electron chi connectivity index (χ3n) is 8.06. The summed E-state index contributed by atoms with van der Waals surface area (Å²) in [6.07, 6.45) is -3.79. The molecule has 5 rings (SSSR count). The molecule has 0 unspecified atom stereocenters. The van der Waals surface area contributed by atoms with Crippen molar-refractivity contribution in [3.8, 4) is 5.75 Å². The van der Waals surface area contributed by atoms with Crippen molar-refractivity contribution in [1.82, 2.24) is 14.8 Å². The number of pyridine rings is 1. The first-order valence-corrected chi connectivity index (χ1v) is 14.7. The maximum absolute atomic E-state index is 13.3. The number of para-hydroxylation sites is 2. The highest BCUT2D eigenvalue weighted by molar-refractivity contribution is 6.06. The van der Waals surface area contributed by atoms with Gasteiger partial charge in [0, 0.05) is 36.8 Å². The summed E-state index contributed by atoms with van der Waals surface area (Å²) in [5.41, 5.74) is 3.32. The summed E-state index contributed by atoms with van der Waals surface area (Å²) in [4.78, 5) is 40.1. The molecule has 256 valence electrons. The zero-order valence-electron chi connectivity index (χ0n) is 25.5. The lowest BCUT2D eigenvalue weighted by molar-refractivity contribution is -0.193. The van der Waals surface area contributed by atoms with Crippen LogP contribution in [0.1, 0.15) is 48.5 Å². The van der Waals surface area contributed by atoms with Crippen molar-refractivity contribution in [3.05, 3.63) is 71.9 Å². The minimum Gasteiger partial charge on any atom is -0.494 e. The first kappa shape index (κ1) is 37.1. The van der Waals surface area contributed by atoms with Gasteiger partial charge in [-0.25, -0.2) is 9.59 Å². The summed E-state index contributed by atoms with van der Waals surface area (Å²) in [5.74, 6) is -4.36.